The van der Waals surface area contributed by atoms with Crippen LogP contribution in [0.1, 0.15) is 31.9 Å². The number of aryl methyl sites for hydroxylation is 1. The molecule has 2 rings (SSSR count). The largest absolute Gasteiger partial charge is 0.497 e. The monoisotopic (exact) mass is 268 g/mol. The van der Waals surface area contributed by atoms with Crippen molar-refractivity contribution in [2.75, 3.05) is 7.11 Å². The molecule has 0 saturated carbocycles. The van der Waals surface area contributed by atoms with Crippen LogP contribution in [0.25, 0.3) is 11.1 Å². The van der Waals surface area contributed by atoms with Gasteiger partial charge in [0.2, 0.25) is 0 Å². The van der Waals surface area contributed by atoms with Gasteiger partial charge < -0.3 is 4.74 Å². The molecule has 0 radical (unpaired) electrons. The molecule has 106 valence electrons. The number of hydrogen-bond donors (Lipinski definition) is 0. The van der Waals surface area contributed by atoms with Crippen molar-refractivity contribution in [3.8, 4) is 16.9 Å². The molecule has 20 heavy (non-hydrogen) atoms. The molecule has 0 aromatic heterocycles. The van der Waals surface area contributed by atoms with Crippen LogP contribution in [0.15, 0.2) is 42.5 Å². The highest BCUT2D eigenvalue weighted by Crippen LogP contribution is 2.30. The van der Waals surface area contributed by atoms with E-state index in [1.807, 2.05) is 0 Å². The number of hydrogen-bond acceptors (Lipinski definition) is 1. The van der Waals surface area contributed by atoms with E-state index in [0.29, 0.717) is 5.92 Å². The topological polar surface area (TPSA) is 9.23 Å². The van der Waals surface area contributed by atoms with E-state index in [-0.39, 0.29) is 0 Å². The third kappa shape index (κ3) is 3.41. The van der Waals surface area contributed by atoms with Crippen LogP contribution >= 0.6 is 0 Å². The summed E-state index contributed by atoms with van der Waals surface area (Å²) < 4.78 is 5.44. The highest BCUT2D eigenvalue weighted by molar-refractivity contribution is 5.69. The van der Waals surface area contributed by atoms with Crippen molar-refractivity contribution >= 4 is 0 Å². The lowest BCUT2D eigenvalue weighted by Gasteiger charge is -2.14. The summed E-state index contributed by atoms with van der Waals surface area (Å²) in [6.07, 6.45) is 2.13. The van der Waals surface area contributed by atoms with Crippen molar-refractivity contribution in [2.45, 2.75) is 33.6 Å². The quantitative estimate of drug-likeness (QED) is 0.731. The Morgan fingerprint density at radius 2 is 1.80 bits per heavy atom. The molecule has 0 saturated heterocycles. The Morgan fingerprint density at radius 1 is 1.05 bits per heavy atom. The predicted molar refractivity (Wildman–Crippen MR) is 86.4 cm³/mol. The van der Waals surface area contributed by atoms with Gasteiger partial charge in [0.15, 0.2) is 0 Å². The molecule has 0 aliphatic heterocycles. The molecule has 0 heterocycles. The van der Waals surface area contributed by atoms with Gasteiger partial charge in [-0.05, 0) is 53.1 Å². The molecule has 0 fully saturated rings. The minimum atomic E-state index is 0.660. The normalized spacial score (nSPS) is 10.8. The molecular formula is C19H24O. The second kappa shape index (κ2) is 6.60. The van der Waals surface area contributed by atoms with E-state index in [4.69, 9.17) is 4.74 Å². The molecule has 2 aromatic rings. The van der Waals surface area contributed by atoms with Crippen LogP contribution in [0.5, 0.6) is 5.75 Å². The van der Waals surface area contributed by atoms with E-state index in [1.54, 1.807) is 7.11 Å². The highest BCUT2D eigenvalue weighted by atomic mass is 16.5. The van der Waals surface area contributed by atoms with Crippen LogP contribution in [0.4, 0.5) is 0 Å². The van der Waals surface area contributed by atoms with Crippen molar-refractivity contribution in [3.05, 3.63) is 53.6 Å². The first-order valence-corrected chi connectivity index (χ1v) is 7.40. The first kappa shape index (κ1) is 14.6. The van der Waals surface area contributed by atoms with Crippen molar-refractivity contribution in [3.63, 3.8) is 0 Å². The van der Waals surface area contributed by atoms with Gasteiger partial charge in [-0.3, -0.25) is 0 Å². The molecule has 1 heteroatoms. The van der Waals surface area contributed by atoms with E-state index < -0.39 is 0 Å². The fourth-order valence-corrected chi connectivity index (χ4v) is 2.56. The van der Waals surface area contributed by atoms with Crippen molar-refractivity contribution in [1.82, 2.24) is 0 Å². The summed E-state index contributed by atoms with van der Waals surface area (Å²) in [5, 5.41) is 0. The Hall–Kier alpha value is -1.76. The van der Waals surface area contributed by atoms with Gasteiger partial charge in [-0.25, -0.2) is 0 Å². The lowest BCUT2D eigenvalue weighted by molar-refractivity contribution is 0.414. The summed E-state index contributed by atoms with van der Waals surface area (Å²) in [6.45, 7) is 6.71. The van der Waals surface area contributed by atoms with Gasteiger partial charge in [0, 0.05) is 0 Å². The van der Waals surface area contributed by atoms with E-state index in [2.05, 4.69) is 63.2 Å². The number of rotatable bonds is 5. The molecule has 0 spiro atoms. The zero-order valence-corrected chi connectivity index (χ0v) is 12.9. The maximum Gasteiger partial charge on any atom is 0.119 e. The van der Waals surface area contributed by atoms with Gasteiger partial charge in [-0.1, -0.05) is 51.1 Å². The molecule has 0 bridgehead atoms. The molecule has 0 unspecified atom stereocenters. The Morgan fingerprint density at radius 3 is 2.45 bits per heavy atom. The Balaban J connectivity index is 2.50. The van der Waals surface area contributed by atoms with Crippen LogP contribution < -0.4 is 4.74 Å². The first-order valence-electron chi connectivity index (χ1n) is 7.40. The van der Waals surface area contributed by atoms with Gasteiger partial charge in [0.05, 0.1) is 7.11 Å². The molecule has 1 nitrogen and oxygen atoms in total. The van der Waals surface area contributed by atoms with Crippen molar-refractivity contribution in [1.29, 1.82) is 0 Å². The molecule has 0 atom stereocenters. The Bertz CT molecular complexity index is 547. The molecular weight excluding hydrogens is 244 g/mol. The average Bonchev–Trinajstić information content (AvgIpc) is 2.46. The maximum absolute atomic E-state index is 5.44. The van der Waals surface area contributed by atoms with E-state index in [1.165, 1.54) is 22.3 Å². The standard InChI is InChI=1S/C19H24O/c1-5-15-11-17(13-18(12-15)20-4)19-9-7-6-8-16(19)10-14(2)3/h6-9,11-14H,5,10H2,1-4H3. The molecule has 0 N–H and O–H groups in total. The second-order valence-corrected chi connectivity index (χ2v) is 5.68. The fourth-order valence-electron chi connectivity index (χ4n) is 2.56. The fraction of sp³-hybridized carbons (Fsp3) is 0.368. The van der Waals surface area contributed by atoms with Crippen molar-refractivity contribution in [2.24, 2.45) is 5.92 Å². The lowest BCUT2D eigenvalue weighted by atomic mass is 9.92. The summed E-state index contributed by atoms with van der Waals surface area (Å²) in [5.41, 5.74) is 5.32. The van der Waals surface area contributed by atoms with Gasteiger partial charge in [-0.2, -0.15) is 0 Å². The summed E-state index contributed by atoms with van der Waals surface area (Å²) in [7, 11) is 1.73. The van der Waals surface area contributed by atoms with Crippen LogP contribution in [0.2, 0.25) is 0 Å². The highest BCUT2D eigenvalue weighted by Gasteiger charge is 2.08. The molecule has 0 amide bonds. The Labute approximate surface area is 122 Å². The third-order valence-electron chi connectivity index (χ3n) is 3.57. The van der Waals surface area contributed by atoms with Crippen LogP contribution in [0.3, 0.4) is 0 Å². The Kier molecular flexibility index (Phi) is 4.84. The molecule has 2 aromatic carbocycles. The number of ether oxygens (including phenoxy) is 1. The lowest BCUT2D eigenvalue weighted by Crippen LogP contribution is -1.97. The third-order valence-corrected chi connectivity index (χ3v) is 3.57. The molecule has 0 aliphatic rings. The molecule has 0 aliphatic carbocycles. The zero-order valence-electron chi connectivity index (χ0n) is 12.9. The number of methoxy groups -OCH3 is 1. The second-order valence-electron chi connectivity index (χ2n) is 5.68. The predicted octanol–water partition coefficient (Wildman–Crippen LogP) is 5.12. The SMILES string of the molecule is CCc1cc(OC)cc(-c2ccccc2CC(C)C)c1. The first-order chi connectivity index (χ1) is 9.63. The van der Waals surface area contributed by atoms with E-state index in [0.717, 1.165) is 18.6 Å². The average molecular weight is 268 g/mol. The minimum Gasteiger partial charge on any atom is -0.497 e. The smallest absolute Gasteiger partial charge is 0.119 e. The van der Waals surface area contributed by atoms with Gasteiger partial charge >= 0.3 is 0 Å². The van der Waals surface area contributed by atoms with Crippen molar-refractivity contribution < 1.29 is 4.74 Å². The summed E-state index contributed by atoms with van der Waals surface area (Å²) in [6, 6.07) is 15.2. The van der Waals surface area contributed by atoms with Crippen LogP contribution in [-0.4, -0.2) is 7.11 Å². The minimum absolute atomic E-state index is 0.660. The van der Waals surface area contributed by atoms with E-state index in [9.17, 15) is 0 Å². The van der Waals surface area contributed by atoms with Gasteiger partial charge in [0.25, 0.3) is 0 Å². The maximum atomic E-state index is 5.44. The van der Waals surface area contributed by atoms with E-state index >= 15 is 0 Å². The summed E-state index contributed by atoms with van der Waals surface area (Å²) in [4.78, 5) is 0. The zero-order chi connectivity index (χ0) is 14.5. The van der Waals surface area contributed by atoms with Gasteiger partial charge in [-0.15, -0.1) is 0 Å². The van der Waals surface area contributed by atoms with Gasteiger partial charge in [0.1, 0.15) is 5.75 Å². The number of benzene rings is 2. The summed E-state index contributed by atoms with van der Waals surface area (Å²) >= 11 is 0. The summed E-state index contributed by atoms with van der Waals surface area (Å²) in [5.74, 6) is 1.60. The van der Waals surface area contributed by atoms with Crippen LogP contribution in [0, 0.1) is 5.92 Å². The van der Waals surface area contributed by atoms with Crippen LogP contribution in [-0.2, 0) is 12.8 Å².